The Morgan fingerprint density at radius 2 is 1.71 bits per heavy atom. The molecule has 1 heteroatoms. The standard InChI is InChI=1S/C16H23N/c1-2-8-14(9-3-1)16(11-5-6-12-16)15-10-4-7-13-17-15/h1-3,8-9,15,17H,4-7,10-13H2. The van der Waals surface area contributed by atoms with Gasteiger partial charge in [0.1, 0.15) is 0 Å². The topological polar surface area (TPSA) is 12.0 Å². The van der Waals surface area contributed by atoms with Gasteiger partial charge in [0.25, 0.3) is 0 Å². The average molecular weight is 229 g/mol. The van der Waals surface area contributed by atoms with E-state index in [4.69, 9.17) is 0 Å². The smallest absolute Gasteiger partial charge is 0.0164 e. The maximum absolute atomic E-state index is 3.80. The van der Waals surface area contributed by atoms with E-state index in [0.717, 1.165) is 6.04 Å². The van der Waals surface area contributed by atoms with Crippen LogP contribution >= 0.6 is 0 Å². The summed E-state index contributed by atoms with van der Waals surface area (Å²) in [6, 6.07) is 12.0. The van der Waals surface area contributed by atoms with Crippen molar-refractivity contribution in [3.63, 3.8) is 0 Å². The Morgan fingerprint density at radius 1 is 0.941 bits per heavy atom. The quantitative estimate of drug-likeness (QED) is 0.816. The molecule has 2 fully saturated rings. The van der Waals surface area contributed by atoms with Crippen LogP contribution in [0, 0.1) is 0 Å². The van der Waals surface area contributed by atoms with Crippen molar-refractivity contribution in [3.8, 4) is 0 Å². The average Bonchev–Trinajstić information content (AvgIpc) is 2.91. The molecule has 1 nitrogen and oxygen atoms in total. The van der Waals surface area contributed by atoms with E-state index in [1.54, 1.807) is 5.56 Å². The van der Waals surface area contributed by atoms with Crippen LogP contribution < -0.4 is 5.32 Å². The summed E-state index contributed by atoms with van der Waals surface area (Å²) in [4.78, 5) is 0. The molecule has 1 saturated carbocycles. The van der Waals surface area contributed by atoms with Gasteiger partial charge in [0.15, 0.2) is 0 Å². The van der Waals surface area contributed by atoms with Crippen molar-refractivity contribution in [1.82, 2.24) is 5.32 Å². The van der Waals surface area contributed by atoms with E-state index in [9.17, 15) is 0 Å². The van der Waals surface area contributed by atoms with Crippen LogP contribution in [0.3, 0.4) is 0 Å². The van der Waals surface area contributed by atoms with Crippen molar-refractivity contribution in [2.75, 3.05) is 6.54 Å². The van der Waals surface area contributed by atoms with Gasteiger partial charge in [-0.25, -0.2) is 0 Å². The van der Waals surface area contributed by atoms with Gasteiger partial charge in [0.05, 0.1) is 0 Å². The van der Waals surface area contributed by atoms with Gasteiger partial charge in [0.2, 0.25) is 0 Å². The molecule has 0 amide bonds. The van der Waals surface area contributed by atoms with Crippen LogP contribution in [0.1, 0.15) is 50.5 Å². The SMILES string of the molecule is c1ccc(C2(C3CCCCN3)CCCC2)cc1. The summed E-state index contributed by atoms with van der Waals surface area (Å²) in [5.41, 5.74) is 2.03. The molecule has 1 aliphatic carbocycles. The molecular formula is C16H23N. The number of rotatable bonds is 2. The van der Waals surface area contributed by atoms with Gasteiger partial charge >= 0.3 is 0 Å². The van der Waals surface area contributed by atoms with E-state index in [1.807, 2.05) is 0 Å². The largest absolute Gasteiger partial charge is 0.313 e. The monoisotopic (exact) mass is 229 g/mol. The van der Waals surface area contributed by atoms with Crippen molar-refractivity contribution in [2.24, 2.45) is 0 Å². The Morgan fingerprint density at radius 3 is 2.35 bits per heavy atom. The molecule has 1 saturated heterocycles. The van der Waals surface area contributed by atoms with Gasteiger partial charge in [-0.3, -0.25) is 0 Å². The lowest BCUT2D eigenvalue weighted by Crippen LogP contribution is -2.49. The van der Waals surface area contributed by atoms with E-state index in [0.29, 0.717) is 5.41 Å². The first-order chi connectivity index (χ1) is 8.42. The molecule has 0 radical (unpaired) electrons. The molecule has 1 heterocycles. The van der Waals surface area contributed by atoms with E-state index >= 15 is 0 Å². The summed E-state index contributed by atoms with van der Waals surface area (Å²) in [5.74, 6) is 0. The lowest BCUT2D eigenvalue weighted by atomic mass is 9.70. The fourth-order valence-corrected chi connectivity index (χ4v) is 3.94. The second-order valence-corrected chi connectivity index (χ2v) is 5.73. The molecule has 0 spiro atoms. The van der Waals surface area contributed by atoms with Crippen LogP contribution in [-0.4, -0.2) is 12.6 Å². The Labute approximate surface area is 105 Å². The minimum Gasteiger partial charge on any atom is -0.313 e. The highest BCUT2D eigenvalue weighted by molar-refractivity contribution is 5.29. The summed E-state index contributed by atoms with van der Waals surface area (Å²) in [5, 5.41) is 3.80. The van der Waals surface area contributed by atoms with E-state index in [1.165, 1.54) is 51.5 Å². The first-order valence-electron chi connectivity index (χ1n) is 7.21. The number of benzene rings is 1. The maximum Gasteiger partial charge on any atom is 0.0164 e. The highest BCUT2D eigenvalue weighted by Crippen LogP contribution is 2.45. The molecule has 2 aliphatic rings. The summed E-state index contributed by atoms with van der Waals surface area (Å²) in [6.07, 6.45) is 9.73. The highest BCUT2D eigenvalue weighted by Gasteiger charge is 2.42. The Balaban J connectivity index is 1.92. The van der Waals surface area contributed by atoms with Crippen LogP contribution in [-0.2, 0) is 5.41 Å². The van der Waals surface area contributed by atoms with Gasteiger partial charge in [-0.15, -0.1) is 0 Å². The molecule has 1 unspecified atom stereocenters. The van der Waals surface area contributed by atoms with Gasteiger partial charge in [-0.2, -0.15) is 0 Å². The van der Waals surface area contributed by atoms with Crippen LogP contribution in [0.15, 0.2) is 30.3 Å². The molecule has 0 bridgehead atoms. The Bertz CT molecular complexity index is 345. The summed E-state index contributed by atoms with van der Waals surface area (Å²) >= 11 is 0. The van der Waals surface area contributed by atoms with E-state index in [-0.39, 0.29) is 0 Å². The number of hydrogen-bond acceptors (Lipinski definition) is 1. The first kappa shape index (κ1) is 11.3. The first-order valence-corrected chi connectivity index (χ1v) is 7.21. The van der Waals surface area contributed by atoms with E-state index < -0.39 is 0 Å². The summed E-state index contributed by atoms with van der Waals surface area (Å²) < 4.78 is 0. The van der Waals surface area contributed by atoms with Gasteiger partial charge in [-0.05, 0) is 37.8 Å². The predicted octanol–water partition coefficient (Wildman–Crippen LogP) is 3.64. The molecule has 92 valence electrons. The summed E-state index contributed by atoms with van der Waals surface area (Å²) in [7, 11) is 0. The van der Waals surface area contributed by atoms with Crippen LogP contribution in [0.25, 0.3) is 0 Å². The minimum atomic E-state index is 0.446. The third-order valence-electron chi connectivity index (χ3n) is 4.82. The van der Waals surface area contributed by atoms with Crippen molar-refractivity contribution in [1.29, 1.82) is 0 Å². The predicted molar refractivity (Wildman–Crippen MR) is 72.2 cm³/mol. The van der Waals surface area contributed by atoms with Crippen molar-refractivity contribution >= 4 is 0 Å². The lowest BCUT2D eigenvalue weighted by Gasteiger charge is -2.41. The fraction of sp³-hybridized carbons (Fsp3) is 0.625. The molecule has 1 aromatic carbocycles. The fourth-order valence-electron chi connectivity index (χ4n) is 3.94. The Kier molecular flexibility index (Phi) is 3.19. The molecule has 1 aromatic rings. The molecule has 3 rings (SSSR count). The minimum absolute atomic E-state index is 0.446. The molecule has 1 N–H and O–H groups in total. The van der Waals surface area contributed by atoms with Crippen LogP contribution in [0.5, 0.6) is 0 Å². The number of hydrogen-bond donors (Lipinski definition) is 1. The van der Waals surface area contributed by atoms with Crippen molar-refractivity contribution < 1.29 is 0 Å². The normalized spacial score (nSPS) is 28.1. The molecule has 1 aliphatic heterocycles. The molecule has 17 heavy (non-hydrogen) atoms. The zero-order chi connectivity index (χ0) is 11.6. The van der Waals surface area contributed by atoms with Crippen molar-refractivity contribution in [2.45, 2.75) is 56.4 Å². The zero-order valence-electron chi connectivity index (χ0n) is 10.6. The van der Waals surface area contributed by atoms with Crippen LogP contribution in [0.4, 0.5) is 0 Å². The molecule has 1 atom stereocenters. The third-order valence-corrected chi connectivity index (χ3v) is 4.82. The van der Waals surface area contributed by atoms with Gasteiger partial charge in [0, 0.05) is 11.5 Å². The second-order valence-electron chi connectivity index (χ2n) is 5.73. The van der Waals surface area contributed by atoms with Crippen molar-refractivity contribution in [3.05, 3.63) is 35.9 Å². The number of piperidine rings is 1. The summed E-state index contributed by atoms with van der Waals surface area (Å²) in [6.45, 7) is 1.22. The maximum atomic E-state index is 3.80. The highest BCUT2D eigenvalue weighted by atomic mass is 14.9. The van der Waals surface area contributed by atoms with Gasteiger partial charge < -0.3 is 5.32 Å². The second kappa shape index (κ2) is 4.81. The molecular weight excluding hydrogens is 206 g/mol. The third kappa shape index (κ3) is 2.01. The van der Waals surface area contributed by atoms with E-state index in [2.05, 4.69) is 35.6 Å². The zero-order valence-corrected chi connectivity index (χ0v) is 10.6. The number of nitrogens with one attached hydrogen (secondary N) is 1. The molecule has 0 aromatic heterocycles. The lowest BCUT2D eigenvalue weighted by molar-refractivity contribution is 0.250. The van der Waals surface area contributed by atoms with Gasteiger partial charge in [-0.1, -0.05) is 49.6 Å². The Hall–Kier alpha value is -0.820. The van der Waals surface area contributed by atoms with Crippen LogP contribution in [0.2, 0.25) is 0 Å².